The van der Waals surface area contributed by atoms with E-state index in [1.165, 1.54) is 10.6 Å². The number of fused-ring (bicyclic) bond motifs is 2. The van der Waals surface area contributed by atoms with Gasteiger partial charge in [-0.3, -0.25) is 0 Å². The molecule has 5 nitrogen and oxygen atoms in total. The van der Waals surface area contributed by atoms with Crippen molar-refractivity contribution in [2.24, 2.45) is 0 Å². The van der Waals surface area contributed by atoms with Crippen LogP contribution < -0.4 is 9.80 Å². The second-order valence-electron chi connectivity index (χ2n) is 7.89. The molecule has 0 atom stereocenters. The zero-order chi connectivity index (χ0) is 21.7. The van der Waals surface area contributed by atoms with Gasteiger partial charge in [0.2, 0.25) is 0 Å². The maximum Gasteiger partial charge on any atom is 0.288 e. The summed E-state index contributed by atoms with van der Waals surface area (Å²) >= 11 is 0. The zero-order valence-corrected chi connectivity index (χ0v) is 19.3. The Labute approximate surface area is 181 Å². The molecule has 0 unspecified atom stereocenters. The number of hydrogen-bond acceptors (Lipinski definition) is 5. The van der Waals surface area contributed by atoms with Gasteiger partial charge in [0.05, 0.1) is 5.75 Å². The monoisotopic (exact) mass is 431 g/mol. The van der Waals surface area contributed by atoms with Crippen molar-refractivity contribution in [1.82, 2.24) is 0 Å². The average Bonchev–Trinajstić information content (AvgIpc) is 2.68. The molecule has 2 aromatic rings. The largest absolute Gasteiger partial charge is 0.453 e. The molecule has 0 amide bonds. The Kier molecular flexibility index (Phi) is 7.42. The van der Waals surface area contributed by atoms with Gasteiger partial charge in [0, 0.05) is 0 Å². The molecule has 0 aliphatic carbocycles. The number of hydrogen-bond donors (Lipinski definition) is 0. The maximum atomic E-state index is 12.7. The molecule has 3 rings (SSSR count). The standard InChI is InChI=1S/C24H33NO4S/c1-5-9-18-12-13-22-21(16-18)25(29-30(26,27)14-8-4)24-20(11-7-3)15-19(10-6-2)17-23(24)28-22/h12-13,15-17H,5-11,14H2,1-4H3. The van der Waals surface area contributed by atoms with E-state index in [9.17, 15) is 8.42 Å². The van der Waals surface area contributed by atoms with Crippen LogP contribution in [0.4, 0.5) is 11.4 Å². The lowest BCUT2D eigenvalue weighted by Gasteiger charge is -2.33. The summed E-state index contributed by atoms with van der Waals surface area (Å²) in [5.41, 5.74) is 4.73. The molecule has 1 aliphatic rings. The Bertz CT molecular complexity index is 985. The highest BCUT2D eigenvalue weighted by molar-refractivity contribution is 7.86. The predicted octanol–water partition coefficient (Wildman–Crippen LogP) is 6.46. The van der Waals surface area contributed by atoms with Gasteiger partial charge in [0.15, 0.2) is 11.5 Å². The summed E-state index contributed by atoms with van der Waals surface area (Å²) < 4.78 is 37.3. The number of rotatable bonds is 10. The minimum atomic E-state index is -3.72. The van der Waals surface area contributed by atoms with Crippen molar-refractivity contribution in [1.29, 1.82) is 0 Å². The molecule has 0 saturated heterocycles. The quantitative estimate of drug-likeness (QED) is 0.432. The number of ether oxygens (including phenoxy) is 1. The molecule has 0 bridgehead atoms. The molecule has 164 valence electrons. The highest BCUT2D eigenvalue weighted by Crippen LogP contribution is 2.50. The minimum absolute atomic E-state index is 0.0271. The molecule has 0 aromatic heterocycles. The maximum absolute atomic E-state index is 12.7. The lowest BCUT2D eigenvalue weighted by Crippen LogP contribution is -2.28. The molecule has 0 radical (unpaired) electrons. The summed E-state index contributed by atoms with van der Waals surface area (Å²) in [6.07, 6.45) is 6.16. The van der Waals surface area contributed by atoms with E-state index in [4.69, 9.17) is 9.02 Å². The molecule has 0 fully saturated rings. The number of nitrogens with zero attached hydrogens (tertiary/aromatic N) is 1. The Hall–Kier alpha value is -2.05. The van der Waals surface area contributed by atoms with E-state index in [1.54, 1.807) is 0 Å². The van der Waals surface area contributed by atoms with Gasteiger partial charge in [-0.05, 0) is 60.6 Å². The molecule has 0 saturated carbocycles. The van der Waals surface area contributed by atoms with Crippen LogP contribution in [0.3, 0.4) is 0 Å². The second-order valence-corrected chi connectivity index (χ2v) is 9.56. The van der Waals surface area contributed by atoms with Crippen molar-refractivity contribution < 1.29 is 17.4 Å². The normalized spacial score (nSPS) is 13.0. The lowest BCUT2D eigenvalue weighted by atomic mass is 9.99. The van der Waals surface area contributed by atoms with Crippen LogP contribution in [-0.2, 0) is 33.7 Å². The number of benzene rings is 2. The summed E-state index contributed by atoms with van der Waals surface area (Å²) in [6.45, 7) is 8.23. The molecule has 0 N–H and O–H groups in total. The second kappa shape index (κ2) is 9.84. The van der Waals surface area contributed by atoms with Gasteiger partial charge in [-0.2, -0.15) is 13.5 Å². The van der Waals surface area contributed by atoms with E-state index in [1.807, 2.05) is 31.2 Å². The lowest BCUT2D eigenvalue weighted by molar-refractivity contribution is 0.307. The zero-order valence-electron chi connectivity index (χ0n) is 18.5. The fraction of sp³-hybridized carbons (Fsp3) is 0.500. The summed E-state index contributed by atoms with van der Waals surface area (Å²) in [5.74, 6) is 1.25. The summed E-state index contributed by atoms with van der Waals surface area (Å²) in [5, 5.41) is 1.50. The molecule has 0 spiro atoms. The van der Waals surface area contributed by atoms with Gasteiger partial charge in [-0.1, -0.05) is 59.1 Å². The Balaban J connectivity index is 2.18. The van der Waals surface area contributed by atoms with Crippen LogP contribution in [0.2, 0.25) is 0 Å². The number of aryl methyl sites for hydroxylation is 3. The summed E-state index contributed by atoms with van der Waals surface area (Å²) in [4.78, 5) is 0. The van der Waals surface area contributed by atoms with Crippen molar-refractivity contribution in [3.8, 4) is 11.5 Å². The third kappa shape index (κ3) is 4.98. The minimum Gasteiger partial charge on any atom is -0.453 e. The third-order valence-electron chi connectivity index (χ3n) is 5.12. The van der Waals surface area contributed by atoms with Crippen molar-refractivity contribution in [2.75, 3.05) is 10.8 Å². The topological polar surface area (TPSA) is 55.8 Å². The van der Waals surface area contributed by atoms with E-state index in [-0.39, 0.29) is 5.75 Å². The Morgan fingerprint density at radius 3 is 2.20 bits per heavy atom. The van der Waals surface area contributed by atoms with Crippen molar-refractivity contribution in [2.45, 2.75) is 72.6 Å². The summed E-state index contributed by atoms with van der Waals surface area (Å²) in [7, 11) is -3.72. The van der Waals surface area contributed by atoms with Gasteiger partial charge in [0.1, 0.15) is 11.4 Å². The third-order valence-corrected chi connectivity index (χ3v) is 6.40. The van der Waals surface area contributed by atoms with Crippen LogP contribution in [0.1, 0.15) is 70.1 Å². The first kappa shape index (κ1) is 22.6. The number of anilines is 2. The van der Waals surface area contributed by atoms with E-state index in [0.29, 0.717) is 29.3 Å². The van der Waals surface area contributed by atoms with E-state index in [0.717, 1.165) is 49.7 Å². The molecule has 30 heavy (non-hydrogen) atoms. The first-order chi connectivity index (χ1) is 14.4. The molecule has 1 heterocycles. The van der Waals surface area contributed by atoms with Gasteiger partial charge in [-0.15, -0.1) is 4.28 Å². The predicted molar refractivity (Wildman–Crippen MR) is 122 cm³/mol. The summed E-state index contributed by atoms with van der Waals surface area (Å²) in [6, 6.07) is 10.1. The van der Waals surface area contributed by atoms with Crippen LogP contribution in [0.25, 0.3) is 0 Å². The van der Waals surface area contributed by atoms with Crippen molar-refractivity contribution in [3.63, 3.8) is 0 Å². The molecular weight excluding hydrogens is 398 g/mol. The van der Waals surface area contributed by atoms with E-state index >= 15 is 0 Å². The van der Waals surface area contributed by atoms with Crippen LogP contribution >= 0.6 is 0 Å². The first-order valence-corrected chi connectivity index (χ1v) is 12.7. The highest BCUT2D eigenvalue weighted by Gasteiger charge is 2.32. The van der Waals surface area contributed by atoms with Gasteiger partial charge in [-0.25, -0.2) is 0 Å². The van der Waals surface area contributed by atoms with Crippen LogP contribution in [0.5, 0.6) is 11.5 Å². The fourth-order valence-electron chi connectivity index (χ4n) is 3.90. The molecule has 6 heteroatoms. The molecule has 2 aromatic carbocycles. The van der Waals surface area contributed by atoms with E-state index in [2.05, 4.69) is 26.8 Å². The van der Waals surface area contributed by atoms with E-state index < -0.39 is 10.1 Å². The van der Waals surface area contributed by atoms with Crippen LogP contribution in [-0.4, -0.2) is 14.2 Å². The fourth-order valence-corrected chi connectivity index (χ4v) is 4.86. The SMILES string of the molecule is CCCc1cc(CCC)c2c(c1)Oc1ccc(CCC)cc1N2OS(=O)(=O)CCC. The highest BCUT2D eigenvalue weighted by atomic mass is 32.2. The first-order valence-electron chi connectivity index (χ1n) is 11.1. The molecular formula is C24H33NO4S. The molecule has 1 aliphatic heterocycles. The van der Waals surface area contributed by atoms with Crippen LogP contribution in [0, 0.1) is 0 Å². The van der Waals surface area contributed by atoms with Crippen LogP contribution in [0.15, 0.2) is 30.3 Å². The van der Waals surface area contributed by atoms with Gasteiger partial charge in [0.25, 0.3) is 10.1 Å². The van der Waals surface area contributed by atoms with Crippen molar-refractivity contribution >= 4 is 21.5 Å². The Morgan fingerprint density at radius 1 is 0.833 bits per heavy atom. The Morgan fingerprint density at radius 2 is 1.53 bits per heavy atom. The average molecular weight is 432 g/mol. The van der Waals surface area contributed by atoms with Gasteiger partial charge >= 0.3 is 0 Å². The smallest absolute Gasteiger partial charge is 0.288 e. The van der Waals surface area contributed by atoms with Crippen molar-refractivity contribution in [3.05, 3.63) is 47.0 Å². The van der Waals surface area contributed by atoms with Gasteiger partial charge < -0.3 is 4.74 Å².